The molecule has 2 heterocycles. The van der Waals surface area contributed by atoms with Crippen LogP contribution in [0.15, 0.2) is 22.7 Å². The number of alkyl halides is 1. The molecule has 0 radical (unpaired) electrons. The molecular formula is C16H21BrClN3. The first-order chi connectivity index (χ1) is 10.2. The van der Waals surface area contributed by atoms with Crippen molar-refractivity contribution in [1.29, 1.82) is 0 Å². The fourth-order valence-corrected chi connectivity index (χ4v) is 3.74. The fraction of sp³-hybridized carbons (Fsp3) is 0.562. The standard InChI is InChI=1S/C16H21BrClN3/c1-12(20-7-3-2-4-8-20)11-21-15-9-13(17)5-6-14(15)19-16(21)10-18/h5-6,9,12H,2-4,7-8,10-11H2,1H3. The minimum Gasteiger partial charge on any atom is -0.325 e. The van der Waals surface area contributed by atoms with Gasteiger partial charge in [-0.05, 0) is 51.1 Å². The van der Waals surface area contributed by atoms with Gasteiger partial charge in [-0.1, -0.05) is 22.4 Å². The molecule has 21 heavy (non-hydrogen) atoms. The van der Waals surface area contributed by atoms with E-state index >= 15 is 0 Å². The van der Waals surface area contributed by atoms with Crippen molar-refractivity contribution in [1.82, 2.24) is 14.5 Å². The van der Waals surface area contributed by atoms with Gasteiger partial charge in [0.1, 0.15) is 5.82 Å². The Kier molecular flexibility index (Phi) is 4.87. The SMILES string of the molecule is CC(Cn1c(CCl)nc2ccc(Br)cc21)N1CCCCC1. The number of hydrogen-bond acceptors (Lipinski definition) is 2. The molecule has 1 atom stereocenters. The average Bonchev–Trinajstić information content (AvgIpc) is 2.85. The third-order valence-electron chi connectivity index (χ3n) is 4.37. The maximum Gasteiger partial charge on any atom is 0.124 e. The summed E-state index contributed by atoms with van der Waals surface area (Å²) < 4.78 is 3.37. The molecule has 1 aliphatic rings. The number of halogens is 2. The largest absolute Gasteiger partial charge is 0.325 e. The molecule has 2 aromatic rings. The Bertz CT molecular complexity index is 619. The van der Waals surface area contributed by atoms with Gasteiger partial charge < -0.3 is 4.57 Å². The van der Waals surface area contributed by atoms with Gasteiger partial charge in [0.05, 0.1) is 16.9 Å². The summed E-state index contributed by atoms with van der Waals surface area (Å²) in [7, 11) is 0. The average molecular weight is 371 g/mol. The first kappa shape index (κ1) is 15.3. The topological polar surface area (TPSA) is 21.1 Å². The minimum atomic E-state index is 0.457. The Morgan fingerprint density at radius 2 is 2.05 bits per heavy atom. The maximum atomic E-state index is 6.10. The van der Waals surface area contributed by atoms with Crippen molar-refractivity contribution in [2.24, 2.45) is 0 Å². The normalized spacial score (nSPS) is 18.2. The van der Waals surface area contributed by atoms with E-state index in [4.69, 9.17) is 11.6 Å². The van der Waals surface area contributed by atoms with Gasteiger partial charge in [-0.3, -0.25) is 4.90 Å². The van der Waals surface area contributed by atoms with Crippen molar-refractivity contribution in [2.45, 2.75) is 44.7 Å². The van der Waals surface area contributed by atoms with E-state index in [1.165, 1.54) is 37.9 Å². The number of fused-ring (bicyclic) bond motifs is 1. The summed E-state index contributed by atoms with van der Waals surface area (Å²) in [5.41, 5.74) is 2.20. The van der Waals surface area contributed by atoms with Gasteiger partial charge in [0, 0.05) is 17.1 Å². The van der Waals surface area contributed by atoms with Crippen molar-refractivity contribution in [3.05, 3.63) is 28.5 Å². The third kappa shape index (κ3) is 3.27. The smallest absolute Gasteiger partial charge is 0.124 e. The number of nitrogens with zero attached hydrogens (tertiary/aromatic N) is 3. The Morgan fingerprint density at radius 1 is 1.29 bits per heavy atom. The molecule has 1 saturated heterocycles. The summed E-state index contributed by atoms with van der Waals surface area (Å²) in [6.45, 7) is 5.70. The second kappa shape index (κ2) is 6.67. The highest BCUT2D eigenvalue weighted by atomic mass is 79.9. The molecule has 3 nitrogen and oxygen atoms in total. The summed E-state index contributed by atoms with van der Waals surface area (Å²) in [5.74, 6) is 1.42. The van der Waals surface area contributed by atoms with Crippen LogP contribution in [0, 0.1) is 0 Å². The molecule has 0 bridgehead atoms. The van der Waals surface area contributed by atoms with E-state index in [9.17, 15) is 0 Å². The number of piperidine rings is 1. The van der Waals surface area contributed by atoms with Crippen molar-refractivity contribution in [3.8, 4) is 0 Å². The van der Waals surface area contributed by atoms with Crippen molar-refractivity contribution < 1.29 is 0 Å². The fourth-order valence-electron chi connectivity index (χ4n) is 3.19. The number of benzene rings is 1. The highest BCUT2D eigenvalue weighted by Gasteiger charge is 2.19. The van der Waals surface area contributed by atoms with E-state index in [-0.39, 0.29) is 0 Å². The molecule has 0 aliphatic carbocycles. The van der Waals surface area contributed by atoms with Crippen LogP contribution in [0.2, 0.25) is 0 Å². The first-order valence-corrected chi connectivity index (χ1v) is 8.96. The van der Waals surface area contributed by atoms with Crippen LogP contribution in [0.3, 0.4) is 0 Å². The Morgan fingerprint density at radius 3 is 2.76 bits per heavy atom. The summed E-state index contributed by atoms with van der Waals surface area (Å²) in [6.07, 6.45) is 4.02. The molecule has 1 aromatic heterocycles. The van der Waals surface area contributed by atoms with Gasteiger partial charge in [0.25, 0.3) is 0 Å². The third-order valence-corrected chi connectivity index (χ3v) is 5.10. The second-order valence-electron chi connectivity index (χ2n) is 5.85. The van der Waals surface area contributed by atoms with E-state index in [1.54, 1.807) is 0 Å². The van der Waals surface area contributed by atoms with Gasteiger partial charge in [0.2, 0.25) is 0 Å². The van der Waals surface area contributed by atoms with Crippen LogP contribution in [0.25, 0.3) is 11.0 Å². The molecule has 0 amide bonds. The highest BCUT2D eigenvalue weighted by molar-refractivity contribution is 9.10. The van der Waals surface area contributed by atoms with E-state index in [1.807, 2.05) is 6.07 Å². The van der Waals surface area contributed by atoms with E-state index in [0.717, 1.165) is 22.4 Å². The number of rotatable bonds is 4. The van der Waals surface area contributed by atoms with Gasteiger partial charge in [-0.25, -0.2) is 4.98 Å². The molecule has 114 valence electrons. The number of hydrogen-bond donors (Lipinski definition) is 0. The first-order valence-electron chi connectivity index (χ1n) is 7.63. The molecule has 0 N–H and O–H groups in total. The second-order valence-corrected chi connectivity index (χ2v) is 7.03. The maximum absolute atomic E-state index is 6.10. The molecular weight excluding hydrogens is 350 g/mol. The van der Waals surface area contributed by atoms with Gasteiger partial charge in [0.15, 0.2) is 0 Å². The zero-order valence-electron chi connectivity index (χ0n) is 12.4. The van der Waals surface area contributed by atoms with Crippen molar-refractivity contribution >= 4 is 38.6 Å². The summed E-state index contributed by atoms with van der Waals surface area (Å²) in [5, 5.41) is 0. The Balaban J connectivity index is 1.89. The lowest BCUT2D eigenvalue weighted by atomic mass is 10.1. The predicted molar refractivity (Wildman–Crippen MR) is 91.9 cm³/mol. The van der Waals surface area contributed by atoms with Gasteiger partial charge >= 0.3 is 0 Å². The van der Waals surface area contributed by atoms with Gasteiger partial charge in [-0.15, -0.1) is 11.6 Å². The summed E-state index contributed by atoms with van der Waals surface area (Å²) >= 11 is 9.66. The zero-order valence-corrected chi connectivity index (χ0v) is 14.7. The predicted octanol–water partition coefficient (Wildman–Crippen LogP) is 4.41. The summed E-state index contributed by atoms with van der Waals surface area (Å²) in [4.78, 5) is 7.25. The van der Waals surface area contributed by atoms with Crippen LogP contribution in [0.5, 0.6) is 0 Å². The van der Waals surface area contributed by atoms with Crippen molar-refractivity contribution in [2.75, 3.05) is 13.1 Å². The van der Waals surface area contributed by atoms with Crippen LogP contribution in [-0.4, -0.2) is 33.6 Å². The van der Waals surface area contributed by atoms with Gasteiger partial charge in [-0.2, -0.15) is 0 Å². The lowest BCUT2D eigenvalue weighted by molar-refractivity contribution is 0.160. The van der Waals surface area contributed by atoms with E-state index in [2.05, 4.69) is 49.4 Å². The highest BCUT2D eigenvalue weighted by Crippen LogP contribution is 2.23. The minimum absolute atomic E-state index is 0.457. The van der Waals surface area contributed by atoms with Crippen LogP contribution >= 0.6 is 27.5 Å². The van der Waals surface area contributed by atoms with E-state index < -0.39 is 0 Å². The van der Waals surface area contributed by atoms with Crippen molar-refractivity contribution in [3.63, 3.8) is 0 Å². The Labute approximate surface area is 139 Å². The van der Waals surface area contributed by atoms with Crippen LogP contribution in [0.4, 0.5) is 0 Å². The molecule has 1 aromatic carbocycles. The molecule has 5 heteroatoms. The Hall–Kier alpha value is -0.580. The summed E-state index contributed by atoms with van der Waals surface area (Å²) in [6, 6.07) is 6.74. The lowest BCUT2D eigenvalue weighted by Crippen LogP contribution is -2.40. The zero-order chi connectivity index (χ0) is 14.8. The quantitative estimate of drug-likeness (QED) is 0.743. The molecule has 3 rings (SSSR count). The molecule has 0 saturated carbocycles. The lowest BCUT2D eigenvalue weighted by Gasteiger charge is -2.32. The monoisotopic (exact) mass is 369 g/mol. The van der Waals surface area contributed by atoms with Crippen LogP contribution in [0.1, 0.15) is 32.0 Å². The van der Waals surface area contributed by atoms with Crippen LogP contribution < -0.4 is 0 Å². The molecule has 1 aliphatic heterocycles. The number of aromatic nitrogens is 2. The number of likely N-dealkylation sites (tertiary alicyclic amines) is 1. The molecule has 1 fully saturated rings. The number of imidazole rings is 1. The van der Waals surface area contributed by atoms with Crippen LogP contribution in [-0.2, 0) is 12.4 Å². The molecule has 0 spiro atoms. The van der Waals surface area contributed by atoms with E-state index in [0.29, 0.717) is 11.9 Å². The molecule has 1 unspecified atom stereocenters.